The molecule has 0 saturated heterocycles. The Labute approximate surface area is 124 Å². The fourth-order valence-corrected chi connectivity index (χ4v) is 3.11. The molecule has 2 rings (SSSR count). The zero-order valence-electron chi connectivity index (χ0n) is 10.4. The molecule has 0 aliphatic carbocycles. The van der Waals surface area contributed by atoms with Crippen molar-refractivity contribution in [1.29, 1.82) is 0 Å². The lowest BCUT2D eigenvalue weighted by Gasteiger charge is -2.09. The maximum atomic E-state index is 11.2. The lowest BCUT2D eigenvalue weighted by atomic mass is 10.1. The Morgan fingerprint density at radius 3 is 2.89 bits per heavy atom. The van der Waals surface area contributed by atoms with Crippen LogP contribution in [0.15, 0.2) is 49.8 Å². The van der Waals surface area contributed by atoms with Gasteiger partial charge in [0.15, 0.2) is 5.16 Å². The van der Waals surface area contributed by atoms with Crippen molar-refractivity contribution in [3.8, 4) is 0 Å². The van der Waals surface area contributed by atoms with Crippen molar-refractivity contribution in [1.82, 2.24) is 9.97 Å². The molecule has 1 heterocycles. The van der Waals surface area contributed by atoms with Gasteiger partial charge in [-0.1, -0.05) is 33.8 Å². The highest BCUT2D eigenvalue weighted by molar-refractivity contribution is 9.10. The topological polar surface area (TPSA) is 71.8 Å². The van der Waals surface area contributed by atoms with Crippen LogP contribution >= 0.6 is 27.7 Å². The molecule has 0 aliphatic heterocycles. The highest BCUT2D eigenvalue weighted by Gasteiger charge is 2.06. The van der Waals surface area contributed by atoms with Gasteiger partial charge in [-0.05, 0) is 31.0 Å². The smallest absolute Gasteiger partial charge is 0.251 e. The van der Waals surface area contributed by atoms with Crippen LogP contribution in [0.5, 0.6) is 0 Å². The molecular weight excluding hydrogens is 326 g/mol. The molecule has 0 fully saturated rings. The molecule has 0 aliphatic rings. The summed E-state index contributed by atoms with van der Waals surface area (Å²) in [5.74, 6) is 0. The van der Waals surface area contributed by atoms with Gasteiger partial charge in [0, 0.05) is 27.7 Å². The summed E-state index contributed by atoms with van der Waals surface area (Å²) in [4.78, 5) is 19.0. The van der Waals surface area contributed by atoms with Crippen LogP contribution in [-0.2, 0) is 6.42 Å². The number of nitrogens with two attached hydrogens (primary N) is 1. The molecule has 19 heavy (non-hydrogen) atoms. The number of hydrogen-bond acceptors (Lipinski definition) is 4. The summed E-state index contributed by atoms with van der Waals surface area (Å²) in [6.07, 6.45) is 2.33. The van der Waals surface area contributed by atoms with Crippen molar-refractivity contribution in [2.75, 3.05) is 0 Å². The molecule has 3 N–H and O–H groups in total. The summed E-state index contributed by atoms with van der Waals surface area (Å²) >= 11 is 4.96. The van der Waals surface area contributed by atoms with E-state index >= 15 is 0 Å². The van der Waals surface area contributed by atoms with Gasteiger partial charge < -0.3 is 10.7 Å². The molecule has 1 atom stereocenters. The van der Waals surface area contributed by atoms with E-state index < -0.39 is 0 Å². The second kappa shape index (κ2) is 6.36. The molecule has 0 radical (unpaired) electrons. The lowest BCUT2D eigenvalue weighted by Crippen LogP contribution is -2.17. The average molecular weight is 340 g/mol. The molecule has 0 saturated carbocycles. The van der Waals surface area contributed by atoms with E-state index in [0.717, 1.165) is 15.8 Å². The first kappa shape index (κ1) is 14.3. The highest BCUT2D eigenvalue weighted by Crippen LogP contribution is 2.28. The summed E-state index contributed by atoms with van der Waals surface area (Å²) in [5.41, 5.74) is 6.82. The number of aromatic nitrogens is 2. The van der Waals surface area contributed by atoms with E-state index in [1.807, 2.05) is 25.1 Å². The predicted molar refractivity (Wildman–Crippen MR) is 80.5 cm³/mol. The number of hydrogen-bond donors (Lipinski definition) is 2. The van der Waals surface area contributed by atoms with Gasteiger partial charge in [-0.15, -0.1) is 0 Å². The minimum Gasteiger partial charge on any atom is -0.328 e. The molecule has 100 valence electrons. The highest BCUT2D eigenvalue weighted by atomic mass is 79.9. The number of nitrogens with one attached hydrogen (secondary N) is 1. The van der Waals surface area contributed by atoms with Gasteiger partial charge in [-0.2, -0.15) is 0 Å². The molecule has 6 heteroatoms. The Kier molecular flexibility index (Phi) is 4.79. The lowest BCUT2D eigenvalue weighted by molar-refractivity contribution is 0.735. The second-order valence-electron chi connectivity index (χ2n) is 4.28. The van der Waals surface area contributed by atoms with E-state index in [1.165, 1.54) is 29.6 Å². The molecule has 1 aromatic heterocycles. The van der Waals surface area contributed by atoms with E-state index in [2.05, 4.69) is 25.9 Å². The van der Waals surface area contributed by atoms with E-state index in [1.54, 1.807) is 0 Å². The predicted octanol–water partition coefficient (Wildman–Crippen LogP) is 2.57. The third kappa shape index (κ3) is 4.19. The Morgan fingerprint density at radius 2 is 2.26 bits per heavy atom. The summed E-state index contributed by atoms with van der Waals surface area (Å²) in [6.45, 7) is 1.98. The SMILES string of the molecule is CC(N)Cc1ccc(Sc2nccc(=O)[nH]2)cc1Br. The van der Waals surface area contributed by atoms with Gasteiger partial charge in [0.25, 0.3) is 5.56 Å². The summed E-state index contributed by atoms with van der Waals surface area (Å²) in [7, 11) is 0. The number of rotatable bonds is 4. The van der Waals surface area contributed by atoms with E-state index in [9.17, 15) is 4.79 Å². The van der Waals surface area contributed by atoms with Gasteiger partial charge in [0.2, 0.25) is 0 Å². The van der Waals surface area contributed by atoms with Crippen molar-refractivity contribution >= 4 is 27.7 Å². The third-order valence-corrected chi connectivity index (χ3v) is 4.06. The Morgan fingerprint density at radius 1 is 1.47 bits per heavy atom. The van der Waals surface area contributed by atoms with Crippen LogP contribution in [0.3, 0.4) is 0 Å². The van der Waals surface area contributed by atoms with E-state index in [0.29, 0.717) is 5.16 Å². The first-order valence-corrected chi connectivity index (χ1v) is 7.43. The molecule has 0 amide bonds. The fraction of sp³-hybridized carbons (Fsp3) is 0.231. The van der Waals surface area contributed by atoms with Crippen LogP contribution in [0, 0.1) is 0 Å². The first-order valence-electron chi connectivity index (χ1n) is 5.82. The van der Waals surface area contributed by atoms with Crippen molar-refractivity contribution in [2.45, 2.75) is 29.4 Å². The fourth-order valence-electron chi connectivity index (χ4n) is 1.62. The minimum atomic E-state index is -0.148. The number of nitrogens with zero attached hydrogens (tertiary/aromatic N) is 1. The molecule has 2 aromatic rings. The largest absolute Gasteiger partial charge is 0.328 e. The normalized spacial score (nSPS) is 12.4. The third-order valence-electron chi connectivity index (χ3n) is 2.43. The van der Waals surface area contributed by atoms with Crippen molar-refractivity contribution in [3.63, 3.8) is 0 Å². The van der Waals surface area contributed by atoms with Crippen LogP contribution < -0.4 is 11.3 Å². The molecule has 0 bridgehead atoms. The Balaban J connectivity index is 2.18. The maximum absolute atomic E-state index is 11.2. The summed E-state index contributed by atoms with van der Waals surface area (Å²) < 4.78 is 1.02. The number of halogens is 1. The molecule has 4 nitrogen and oxygen atoms in total. The van der Waals surface area contributed by atoms with Crippen molar-refractivity contribution < 1.29 is 0 Å². The van der Waals surface area contributed by atoms with Gasteiger partial charge in [0.05, 0.1) is 0 Å². The van der Waals surface area contributed by atoms with E-state index in [4.69, 9.17) is 5.73 Å². The average Bonchev–Trinajstić information content (AvgIpc) is 2.32. The Bertz CT molecular complexity index is 627. The van der Waals surface area contributed by atoms with Crippen LogP contribution in [-0.4, -0.2) is 16.0 Å². The van der Waals surface area contributed by atoms with Crippen LogP contribution in [0.2, 0.25) is 0 Å². The zero-order chi connectivity index (χ0) is 13.8. The van der Waals surface area contributed by atoms with Gasteiger partial charge >= 0.3 is 0 Å². The van der Waals surface area contributed by atoms with Gasteiger partial charge in [-0.3, -0.25) is 4.79 Å². The van der Waals surface area contributed by atoms with Crippen molar-refractivity contribution in [2.24, 2.45) is 5.73 Å². The molecular formula is C13H14BrN3OS. The first-order chi connectivity index (χ1) is 9.04. The second-order valence-corrected chi connectivity index (χ2v) is 6.19. The molecule has 1 aromatic carbocycles. The molecule has 1 unspecified atom stereocenters. The monoisotopic (exact) mass is 339 g/mol. The minimum absolute atomic E-state index is 0.127. The zero-order valence-corrected chi connectivity index (χ0v) is 12.8. The van der Waals surface area contributed by atoms with Crippen LogP contribution in [0.4, 0.5) is 0 Å². The summed E-state index contributed by atoms with van der Waals surface area (Å²) in [5, 5.41) is 0.583. The number of aromatic amines is 1. The standard InChI is InChI=1S/C13H14BrN3OS/c1-8(15)6-9-2-3-10(7-11(9)14)19-13-16-5-4-12(18)17-13/h2-5,7-8H,6,15H2,1H3,(H,16,17,18). The number of benzene rings is 1. The number of H-pyrrole nitrogens is 1. The van der Waals surface area contributed by atoms with Gasteiger partial charge in [0.1, 0.15) is 0 Å². The van der Waals surface area contributed by atoms with Crippen LogP contribution in [0.1, 0.15) is 12.5 Å². The van der Waals surface area contributed by atoms with Crippen LogP contribution in [0.25, 0.3) is 0 Å². The van der Waals surface area contributed by atoms with E-state index in [-0.39, 0.29) is 11.6 Å². The quantitative estimate of drug-likeness (QED) is 0.839. The maximum Gasteiger partial charge on any atom is 0.251 e. The van der Waals surface area contributed by atoms with Gasteiger partial charge in [-0.25, -0.2) is 4.98 Å². The summed E-state index contributed by atoms with van der Waals surface area (Å²) in [6, 6.07) is 7.57. The Hall–Kier alpha value is -1.11. The van der Waals surface area contributed by atoms with Crippen molar-refractivity contribution in [3.05, 3.63) is 50.9 Å². The molecule has 0 spiro atoms.